The molecule has 0 saturated heterocycles. The number of hydrogen-bond acceptors (Lipinski definition) is 1. The Morgan fingerprint density at radius 2 is 1.43 bits per heavy atom. The lowest BCUT2D eigenvalue weighted by Gasteiger charge is -2.59. The molecule has 0 heterocycles. The Balaban J connectivity index is 1.46. The Labute approximate surface area is 131 Å². The average Bonchev–Trinajstić information content (AvgIpc) is 2.41. The third-order valence-electron chi connectivity index (χ3n) is 7.93. The largest absolute Gasteiger partial charge is 0.311 e. The van der Waals surface area contributed by atoms with Gasteiger partial charge in [-0.15, -0.1) is 0 Å². The second kappa shape index (κ2) is 5.25. The van der Waals surface area contributed by atoms with Gasteiger partial charge in [0.1, 0.15) is 0 Å². The van der Waals surface area contributed by atoms with E-state index in [1.54, 1.807) is 38.5 Å². The van der Waals surface area contributed by atoms with Crippen LogP contribution in [-0.4, -0.2) is 12.1 Å². The highest BCUT2D eigenvalue weighted by Crippen LogP contribution is 2.61. The molecule has 120 valence electrons. The minimum absolute atomic E-state index is 0.676. The van der Waals surface area contributed by atoms with Crippen LogP contribution in [0.5, 0.6) is 0 Å². The van der Waals surface area contributed by atoms with E-state index in [2.05, 4.69) is 26.1 Å². The van der Waals surface area contributed by atoms with Gasteiger partial charge in [-0.1, -0.05) is 20.3 Å². The first-order chi connectivity index (χ1) is 10.0. The zero-order valence-electron chi connectivity index (χ0n) is 14.4. The van der Waals surface area contributed by atoms with Crippen molar-refractivity contribution in [2.75, 3.05) is 0 Å². The summed E-state index contributed by atoms with van der Waals surface area (Å²) >= 11 is 0. The van der Waals surface area contributed by atoms with Gasteiger partial charge in [0.25, 0.3) is 0 Å². The summed E-state index contributed by atoms with van der Waals surface area (Å²) < 4.78 is 0. The van der Waals surface area contributed by atoms with Crippen molar-refractivity contribution in [3.8, 4) is 0 Å². The molecule has 5 fully saturated rings. The van der Waals surface area contributed by atoms with Crippen molar-refractivity contribution in [3.63, 3.8) is 0 Å². The van der Waals surface area contributed by atoms with Crippen LogP contribution in [-0.2, 0) is 0 Å². The molecule has 1 nitrogen and oxygen atoms in total. The highest BCUT2D eigenvalue weighted by Gasteiger charge is 2.53. The van der Waals surface area contributed by atoms with E-state index >= 15 is 0 Å². The normalized spacial score (nSPS) is 53.9. The van der Waals surface area contributed by atoms with E-state index in [4.69, 9.17) is 0 Å². The van der Waals surface area contributed by atoms with Gasteiger partial charge in [0, 0.05) is 12.1 Å². The van der Waals surface area contributed by atoms with Gasteiger partial charge in [0.05, 0.1) is 0 Å². The summed E-state index contributed by atoms with van der Waals surface area (Å²) in [5, 5.41) is 4.16. The summed E-state index contributed by atoms with van der Waals surface area (Å²) in [6.45, 7) is 7.48. The van der Waals surface area contributed by atoms with Crippen LogP contribution >= 0.6 is 0 Å². The highest BCUT2D eigenvalue weighted by atomic mass is 15.0. The molecule has 0 amide bonds. The van der Waals surface area contributed by atoms with Crippen LogP contribution in [0.4, 0.5) is 0 Å². The van der Waals surface area contributed by atoms with Gasteiger partial charge < -0.3 is 5.32 Å². The number of hydrogen-bond donors (Lipinski definition) is 1. The van der Waals surface area contributed by atoms with Crippen molar-refractivity contribution in [2.45, 2.75) is 90.6 Å². The molecule has 5 rings (SSSR count). The first-order valence-corrected chi connectivity index (χ1v) is 9.80. The predicted octanol–water partition coefficient (Wildman–Crippen LogP) is 5.01. The fourth-order valence-electron chi connectivity index (χ4n) is 6.97. The van der Waals surface area contributed by atoms with Gasteiger partial charge in [-0.05, 0) is 93.3 Å². The number of nitrogens with one attached hydrogen (secondary N) is 1. The summed E-state index contributed by atoms with van der Waals surface area (Å²) in [6.07, 6.45) is 13.7. The average molecular weight is 290 g/mol. The maximum atomic E-state index is 4.16. The van der Waals surface area contributed by atoms with E-state index < -0.39 is 0 Å². The molecule has 4 unspecified atom stereocenters. The Hall–Kier alpha value is -0.0400. The van der Waals surface area contributed by atoms with Crippen LogP contribution in [0.3, 0.4) is 0 Å². The lowest BCUT2D eigenvalue weighted by atomic mass is 9.48. The summed E-state index contributed by atoms with van der Waals surface area (Å²) in [6, 6.07) is 1.54. The van der Waals surface area contributed by atoms with E-state index in [1.807, 2.05) is 0 Å². The summed E-state index contributed by atoms with van der Waals surface area (Å²) in [5.41, 5.74) is 0.676. The quantitative estimate of drug-likeness (QED) is 0.770. The maximum Gasteiger partial charge on any atom is 0.00982 e. The molecular weight excluding hydrogens is 254 g/mol. The molecule has 0 aromatic carbocycles. The van der Waals surface area contributed by atoms with Crippen LogP contribution in [0, 0.1) is 35.0 Å². The monoisotopic (exact) mass is 289 g/mol. The van der Waals surface area contributed by atoms with E-state index in [9.17, 15) is 0 Å². The van der Waals surface area contributed by atoms with E-state index in [1.165, 1.54) is 19.3 Å². The molecule has 0 radical (unpaired) electrons. The zero-order chi connectivity index (χ0) is 14.6. The molecule has 1 N–H and O–H groups in total. The van der Waals surface area contributed by atoms with Gasteiger partial charge in [-0.3, -0.25) is 0 Å². The fraction of sp³-hybridized carbons (Fsp3) is 1.00. The number of rotatable bonds is 3. The van der Waals surface area contributed by atoms with Crippen LogP contribution in [0.2, 0.25) is 0 Å². The van der Waals surface area contributed by atoms with Crippen molar-refractivity contribution in [1.29, 1.82) is 0 Å². The first-order valence-electron chi connectivity index (χ1n) is 9.80. The van der Waals surface area contributed by atoms with Crippen molar-refractivity contribution >= 4 is 0 Å². The molecule has 21 heavy (non-hydrogen) atoms. The minimum atomic E-state index is 0.676. The topological polar surface area (TPSA) is 12.0 Å². The van der Waals surface area contributed by atoms with Gasteiger partial charge in [0.2, 0.25) is 0 Å². The Kier molecular flexibility index (Phi) is 3.64. The van der Waals surface area contributed by atoms with Crippen LogP contribution in [0.1, 0.15) is 78.6 Å². The smallest absolute Gasteiger partial charge is 0.00982 e. The Morgan fingerprint density at radius 3 is 2.00 bits per heavy atom. The van der Waals surface area contributed by atoms with Crippen LogP contribution in [0.25, 0.3) is 0 Å². The lowest BCUT2D eigenvalue weighted by molar-refractivity contribution is -0.0741. The van der Waals surface area contributed by atoms with Crippen molar-refractivity contribution in [3.05, 3.63) is 0 Å². The summed E-state index contributed by atoms with van der Waals surface area (Å²) in [7, 11) is 0. The summed E-state index contributed by atoms with van der Waals surface area (Å²) in [5.74, 6) is 5.08. The maximum absolute atomic E-state index is 4.16. The molecule has 5 aliphatic rings. The predicted molar refractivity (Wildman–Crippen MR) is 89.2 cm³/mol. The SMILES string of the molecule is CC1CCC(C)C(NC(C)C23CC4CC(CC(C4)C2)C3)C1. The fourth-order valence-corrected chi connectivity index (χ4v) is 6.97. The van der Waals surface area contributed by atoms with Gasteiger partial charge >= 0.3 is 0 Å². The third kappa shape index (κ3) is 2.58. The second-order valence-corrected chi connectivity index (χ2v) is 9.67. The van der Waals surface area contributed by atoms with Crippen LogP contribution < -0.4 is 5.32 Å². The molecule has 0 aliphatic heterocycles. The van der Waals surface area contributed by atoms with Crippen molar-refractivity contribution in [2.24, 2.45) is 35.0 Å². The van der Waals surface area contributed by atoms with Gasteiger partial charge in [0.15, 0.2) is 0 Å². The lowest BCUT2D eigenvalue weighted by Crippen LogP contribution is -2.57. The third-order valence-corrected chi connectivity index (χ3v) is 7.93. The zero-order valence-corrected chi connectivity index (χ0v) is 14.4. The molecule has 1 heteroatoms. The van der Waals surface area contributed by atoms with E-state index in [0.717, 1.165) is 41.7 Å². The molecule has 0 aromatic rings. The van der Waals surface area contributed by atoms with E-state index in [0.29, 0.717) is 5.41 Å². The van der Waals surface area contributed by atoms with Crippen molar-refractivity contribution in [1.82, 2.24) is 5.32 Å². The highest BCUT2D eigenvalue weighted by molar-refractivity contribution is 5.05. The Morgan fingerprint density at radius 1 is 0.857 bits per heavy atom. The van der Waals surface area contributed by atoms with Crippen LogP contribution in [0.15, 0.2) is 0 Å². The molecule has 0 spiro atoms. The van der Waals surface area contributed by atoms with E-state index in [-0.39, 0.29) is 0 Å². The van der Waals surface area contributed by atoms with Gasteiger partial charge in [-0.25, -0.2) is 0 Å². The van der Waals surface area contributed by atoms with Crippen molar-refractivity contribution < 1.29 is 0 Å². The molecule has 4 atom stereocenters. The molecule has 4 bridgehead atoms. The summed E-state index contributed by atoms with van der Waals surface area (Å²) in [4.78, 5) is 0. The molecule has 5 aliphatic carbocycles. The Bertz CT molecular complexity index is 352. The minimum Gasteiger partial charge on any atom is -0.311 e. The molecule has 5 saturated carbocycles. The molecular formula is C20H35N. The van der Waals surface area contributed by atoms with Gasteiger partial charge in [-0.2, -0.15) is 0 Å². The molecule has 0 aromatic heterocycles. The first kappa shape index (κ1) is 14.5. The second-order valence-electron chi connectivity index (χ2n) is 9.67. The standard InChI is InChI=1S/C20H35N/c1-13-4-5-14(2)19(6-13)21-15(3)20-10-16-7-17(11-20)9-18(8-16)12-20/h13-19,21H,4-12H2,1-3H3.